The molecule has 4 rings (SSSR count). The van der Waals surface area contributed by atoms with Gasteiger partial charge in [0.2, 0.25) is 0 Å². The number of piperazine rings is 1. The molecule has 0 unspecified atom stereocenters. The van der Waals surface area contributed by atoms with E-state index in [0.29, 0.717) is 54.0 Å². The van der Waals surface area contributed by atoms with Gasteiger partial charge in [0.25, 0.3) is 11.8 Å². The molecule has 10 heteroatoms. The molecule has 0 saturated carbocycles. The van der Waals surface area contributed by atoms with Crippen LogP contribution in [0.5, 0.6) is 11.5 Å². The third-order valence-electron chi connectivity index (χ3n) is 6.37. The molecule has 198 valence electrons. The molecule has 8 nitrogen and oxygen atoms in total. The summed E-state index contributed by atoms with van der Waals surface area (Å²) in [7, 11) is 3.02. The zero-order valence-electron chi connectivity index (χ0n) is 21.4. The minimum atomic E-state index is -0.414. The number of thiocarbonyl (C=S) groups is 1. The average Bonchev–Trinajstić information content (AvgIpc) is 2.92. The Balaban J connectivity index is 1.34. The van der Waals surface area contributed by atoms with Gasteiger partial charge in [0.05, 0.1) is 30.5 Å². The lowest BCUT2D eigenvalue weighted by molar-refractivity contribution is 0.0746. The summed E-state index contributed by atoms with van der Waals surface area (Å²) in [5, 5.41) is 6.32. The van der Waals surface area contributed by atoms with E-state index in [4.69, 9.17) is 33.3 Å². The van der Waals surface area contributed by atoms with E-state index >= 15 is 0 Å². The molecule has 38 heavy (non-hydrogen) atoms. The molecule has 0 radical (unpaired) electrons. The smallest absolute Gasteiger partial charge is 0.261 e. The van der Waals surface area contributed by atoms with Gasteiger partial charge in [0, 0.05) is 43.5 Å². The van der Waals surface area contributed by atoms with E-state index in [9.17, 15) is 9.59 Å². The molecule has 1 aliphatic rings. The van der Waals surface area contributed by atoms with Gasteiger partial charge < -0.3 is 24.6 Å². The van der Waals surface area contributed by atoms with Gasteiger partial charge in [-0.05, 0) is 61.1 Å². The number of ether oxygens (including phenoxy) is 2. The van der Waals surface area contributed by atoms with E-state index in [2.05, 4.69) is 15.5 Å². The van der Waals surface area contributed by atoms with Crippen LogP contribution in [0.3, 0.4) is 0 Å². The molecule has 0 spiro atoms. The van der Waals surface area contributed by atoms with Crippen molar-refractivity contribution in [1.82, 2.24) is 10.2 Å². The van der Waals surface area contributed by atoms with E-state index in [1.807, 2.05) is 48.2 Å². The van der Waals surface area contributed by atoms with Crippen molar-refractivity contribution < 1.29 is 19.1 Å². The Bertz CT molecular complexity index is 1360. The molecule has 1 heterocycles. The second-order valence-electron chi connectivity index (χ2n) is 8.73. The van der Waals surface area contributed by atoms with Gasteiger partial charge in [-0.25, -0.2) is 0 Å². The van der Waals surface area contributed by atoms with Crippen LogP contribution in [-0.4, -0.2) is 62.2 Å². The van der Waals surface area contributed by atoms with Gasteiger partial charge in [0.1, 0.15) is 11.5 Å². The summed E-state index contributed by atoms with van der Waals surface area (Å²) in [5.41, 5.74) is 3.55. The zero-order chi connectivity index (χ0) is 27.2. The predicted molar refractivity (Wildman–Crippen MR) is 154 cm³/mol. The van der Waals surface area contributed by atoms with Crippen molar-refractivity contribution in [2.45, 2.75) is 6.92 Å². The van der Waals surface area contributed by atoms with Crippen molar-refractivity contribution in [1.29, 1.82) is 0 Å². The SMILES string of the molecule is COc1ccc(C(=O)NC(=S)Nc2ccc(N3CCN(C(=O)c4ccccc4C)CC3)c(Cl)c2)c(OC)c1. The van der Waals surface area contributed by atoms with Crippen LogP contribution in [0, 0.1) is 6.92 Å². The van der Waals surface area contributed by atoms with Gasteiger partial charge in [-0.15, -0.1) is 0 Å². The van der Waals surface area contributed by atoms with Crippen molar-refractivity contribution in [2.75, 3.05) is 50.6 Å². The molecule has 3 aromatic rings. The van der Waals surface area contributed by atoms with Crippen LogP contribution in [0.4, 0.5) is 11.4 Å². The van der Waals surface area contributed by atoms with Crippen LogP contribution in [0.15, 0.2) is 60.7 Å². The van der Waals surface area contributed by atoms with Crippen LogP contribution in [0.1, 0.15) is 26.3 Å². The summed E-state index contributed by atoms with van der Waals surface area (Å²) in [4.78, 5) is 29.7. The number of nitrogens with zero attached hydrogens (tertiary/aromatic N) is 2. The fourth-order valence-corrected chi connectivity index (χ4v) is 4.80. The maximum absolute atomic E-state index is 12.9. The van der Waals surface area contributed by atoms with Gasteiger partial charge in [-0.1, -0.05) is 29.8 Å². The lowest BCUT2D eigenvalue weighted by Crippen LogP contribution is -2.49. The van der Waals surface area contributed by atoms with Gasteiger partial charge >= 0.3 is 0 Å². The topological polar surface area (TPSA) is 83.1 Å². The molecule has 1 saturated heterocycles. The highest BCUT2D eigenvalue weighted by atomic mass is 35.5. The molecule has 1 aliphatic heterocycles. The Morgan fingerprint density at radius 3 is 2.32 bits per heavy atom. The summed E-state index contributed by atoms with van der Waals surface area (Å²) in [6.07, 6.45) is 0. The number of methoxy groups -OCH3 is 2. The van der Waals surface area contributed by atoms with Crippen LogP contribution in [0.25, 0.3) is 0 Å². The predicted octanol–water partition coefficient (Wildman–Crippen LogP) is 4.75. The first-order chi connectivity index (χ1) is 18.3. The number of amides is 2. The lowest BCUT2D eigenvalue weighted by Gasteiger charge is -2.36. The monoisotopic (exact) mass is 552 g/mol. The van der Waals surface area contributed by atoms with Crippen LogP contribution in [0.2, 0.25) is 5.02 Å². The molecule has 3 aromatic carbocycles. The van der Waals surface area contributed by atoms with E-state index in [1.165, 1.54) is 14.2 Å². The summed E-state index contributed by atoms with van der Waals surface area (Å²) in [6.45, 7) is 4.50. The number of anilines is 2. The highest BCUT2D eigenvalue weighted by molar-refractivity contribution is 7.80. The molecule has 0 bridgehead atoms. The fraction of sp³-hybridized carbons (Fsp3) is 0.250. The highest BCUT2D eigenvalue weighted by Crippen LogP contribution is 2.30. The number of hydrogen-bond donors (Lipinski definition) is 2. The zero-order valence-corrected chi connectivity index (χ0v) is 23.0. The Hall–Kier alpha value is -3.82. The van der Waals surface area contributed by atoms with E-state index in [-0.39, 0.29) is 11.0 Å². The Morgan fingerprint density at radius 2 is 1.66 bits per heavy atom. The van der Waals surface area contributed by atoms with Crippen LogP contribution < -0.4 is 25.0 Å². The van der Waals surface area contributed by atoms with E-state index in [1.54, 1.807) is 24.3 Å². The standard InChI is InChI=1S/C28H29ClN4O4S/c1-18-6-4-5-7-21(18)27(35)33-14-12-32(13-15-33)24-11-8-19(16-23(24)29)30-28(38)31-26(34)22-10-9-20(36-2)17-25(22)37-3/h4-11,16-17H,12-15H2,1-3H3,(H2,30,31,34,38). The third-order valence-corrected chi connectivity index (χ3v) is 6.88. The molecule has 0 aromatic heterocycles. The number of benzene rings is 3. The van der Waals surface area contributed by atoms with Gasteiger partial charge in [0.15, 0.2) is 5.11 Å². The normalized spacial score (nSPS) is 13.1. The van der Waals surface area contributed by atoms with Crippen LogP contribution in [-0.2, 0) is 0 Å². The Morgan fingerprint density at radius 1 is 0.921 bits per heavy atom. The molecule has 1 fully saturated rings. The first-order valence-corrected chi connectivity index (χ1v) is 12.8. The van der Waals surface area contributed by atoms with E-state index < -0.39 is 5.91 Å². The summed E-state index contributed by atoms with van der Waals surface area (Å²) < 4.78 is 10.5. The summed E-state index contributed by atoms with van der Waals surface area (Å²) in [6, 6.07) is 18.1. The summed E-state index contributed by atoms with van der Waals surface area (Å²) >= 11 is 11.9. The first kappa shape index (κ1) is 27.2. The van der Waals surface area contributed by atoms with Crippen molar-refractivity contribution >= 4 is 52.1 Å². The molecular weight excluding hydrogens is 524 g/mol. The van der Waals surface area contributed by atoms with Crippen molar-refractivity contribution in [2.24, 2.45) is 0 Å². The maximum atomic E-state index is 12.9. The number of carbonyl (C=O) groups excluding carboxylic acids is 2. The third kappa shape index (κ3) is 6.17. The van der Waals surface area contributed by atoms with Gasteiger partial charge in [-0.2, -0.15) is 0 Å². The number of nitrogens with one attached hydrogen (secondary N) is 2. The lowest BCUT2D eigenvalue weighted by atomic mass is 10.1. The van der Waals surface area contributed by atoms with E-state index in [0.717, 1.165) is 16.8 Å². The highest BCUT2D eigenvalue weighted by Gasteiger charge is 2.24. The first-order valence-electron chi connectivity index (χ1n) is 12.0. The summed E-state index contributed by atoms with van der Waals surface area (Å²) in [5.74, 6) is 0.588. The second-order valence-corrected chi connectivity index (χ2v) is 9.55. The number of hydrogen-bond acceptors (Lipinski definition) is 6. The molecule has 2 amide bonds. The minimum Gasteiger partial charge on any atom is -0.497 e. The Labute approximate surface area is 232 Å². The minimum absolute atomic E-state index is 0.0521. The molecule has 2 N–H and O–H groups in total. The van der Waals surface area contributed by atoms with Gasteiger partial charge in [-0.3, -0.25) is 14.9 Å². The number of rotatable bonds is 6. The van der Waals surface area contributed by atoms with Crippen molar-refractivity contribution in [3.05, 3.63) is 82.4 Å². The quantitative estimate of drug-likeness (QED) is 0.427. The second kappa shape index (κ2) is 12.1. The van der Waals surface area contributed by atoms with Crippen LogP contribution >= 0.6 is 23.8 Å². The Kier molecular flexibility index (Phi) is 8.70. The molecule has 0 aliphatic carbocycles. The average molecular weight is 553 g/mol. The van der Waals surface area contributed by atoms with Crippen molar-refractivity contribution in [3.8, 4) is 11.5 Å². The van der Waals surface area contributed by atoms with Crippen molar-refractivity contribution in [3.63, 3.8) is 0 Å². The molecular formula is C28H29ClN4O4S. The number of halogens is 1. The number of carbonyl (C=O) groups is 2. The maximum Gasteiger partial charge on any atom is 0.261 e. The largest absolute Gasteiger partial charge is 0.497 e. The number of aryl methyl sites for hydroxylation is 1. The fourth-order valence-electron chi connectivity index (χ4n) is 4.29. The molecule has 0 atom stereocenters.